The maximum Gasteiger partial charge on any atom is 0.248 e. The zero-order chi connectivity index (χ0) is 17.1. The van der Waals surface area contributed by atoms with E-state index in [-0.39, 0.29) is 0 Å². The molecule has 3 aromatic rings. The van der Waals surface area contributed by atoms with Crippen LogP contribution in [0.1, 0.15) is 11.5 Å². The van der Waals surface area contributed by atoms with Crippen molar-refractivity contribution in [3.63, 3.8) is 0 Å². The molecule has 2 aromatic carbocycles. The molecule has 3 rings (SSSR count). The van der Waals surface area contributed by atoms with Crippen molar-refractivity contribution in [2.24, 2.45) is 0 Å². The van der Waals surface area contributed by atoms with E-state index in [4.69, 9.17) is 4.42 Å². The van der Waals surface area contributed by atoms with Crippen LogP contribution in [0.4, 0.5) is 11.4 Å². The van der Waals surface area contributed by atoms with Crippen molar-refractivity contribution in [3.05, 3.63) is 47.9 Å². The van der Waals surface area contributed by atoms with Crippen LogP contribution in [0.25, 0.3) is 22.6 Å². The van der Waals surface area contributed by atoms with Crippen LogP contribution in [-0.4, -0.2) is 23.7 Å². The minimum atomic E-state index is 0.514. The quantitative estimate of drug-likeness (QED) is 0.701. The van der Waals surface area contributed by atoms with Gasteiger partial charge in [0, 0.05) is 19.5 Å². The van der Waals surface area contributed by atoms with Crippen LogP contribution in [-0.2, 0) is 4.79 Å². The lowest BCUT2D eigenvalue weighted by Gasteiger charge is -2.13. The van der Waals surface area contributed by atoms with Crippen LogP contribution in [0.5, 0.6) is 0 Å². The Hall–Kier alpha value is -3.15. The minimum Gasteiger partial charge on any atom is -0.421 e. The summed E-state index contributed by atoms with van der Waals surface area (Å²) in [5.74, 6) is 1.05. The van der Waals surface area contributed by atoms with Crippen LogP contribution in [0, 0.1) is 13.8 Å². The van der Waals surface area contributed by atoms with Crippen molar-refractivity contribution in [3.8, 4) is 22.6 Å². The van der Waals surface area contributed by atoms with Crippen molar-refractivity contribution in [2.75, 3.05) is 17.7 Å². The Kier molecular flexibility index (Phi) is 4.29. The van der Waals surface area contributed by atoms with E-state index in [0.29, 0.717) is 18.2 Å². The molecule has 0 saturated heterocycles. The maximum atomic E-state index is 10.7. The Bertz CT molecular complexity index is 886. The molecule has 0 aliphatic carbocycles. The lowest BCUT2D eigenvalue weighted by Crippen LogP contribution is -2.00. The first kappa shape index (κ1) is 15.7. The highest BCUT2D eigenvalue weighted by Gasteiger charge is 2.13. The second-order valence-corrected chi connectivity index (χ2v) is 5.38. The van der Waals surface area contributed by atoms with Crippen molar-refractivity contribution in [2.45, 2.75) is 13.8 Å². The Morgan fingerprint density at radius 2 is 1.83 bits per heavy atom. The molecule has 24 heavy (non-hydrogen) atoms. The molecule has 6 heteroatoms. The summed E-state index contributed by atoms with van der Waals surface area (Å²) in [5.41, 5.74) is 5.65. The zero-order valence-corrected chi connectivity index (χ0v) is 13.8. The lowest BCUT2D eigenvalue weighted by molar-refractivity contribution is -0.105. The van der Waals surface area contributed by atoms with Gasteiger partial charge in [0.25, 0.3) is 0 Å². The molecule has 0 bridgehead atoms. The molecular weight excluding hydrogens is 304 g/mol. The van der Waals surface area contributed by atoms with Crippen molar-refractivity contribution < 1.29 is 9.21 Å². The van der Waals surface area contributed by atoms with E-state index < -0.39 is 0 Å². The summed E-state index contributed by atoms with van der Waals surface area (Å²) in [7, 11) is 1.82. The van der Waals surface area contributed by atoms with E-state index in [2.05, 4.69) is 20.8 Å². The molecule has 0 aliphatic heterocycles. The molecule has 1 heterocycles. The van der Waals surface area contributed by atoms with E-state index in [1.807, 2.05) is 50.4 Å². The summed E-state index contributed by atoms with van der Waals surface area (Å²) in [6.07, 6.45) is 0.666. The van der Waals surface area contributed by atoms with Crippen molar-refractivity contribution >= 4 is 17.8 Å². The monoisotopic (exact) mass is 322 g/mol. The zero-order valence-electron chi connectivity index (χ0n) is 13.8. The summed E-state index contributed by atoms with van der Waals surface area (Å²) in [6, 6.07) is 11.8. The Labute approximate surface area is 139 Å². The molecule has 122 valence electrons. The normalized spacial score (nSPS) is 10.5. The third-order valence-corrected chi connectivity index (χ3v) is 3.90. The van der Waals surface area contributed by atoms with Gasteiger partial charge in [0.15, 0.2) is 0 Å². The first-order chi connectivity index (χ1) is 11.6. The van der Waals surface area contributed by atoms with Gasteiger partial charge >= 0.3 is 0 Å². The van der Waals surface area contributed by atoms with Crippen LogP contribution in [0.15, 0.2) is 40.8 Å². The molecule has 1 aromatic heterocycles. The molecule has 0 radical (unpaired) electrons. The fourth-order valence-electron chi connectivity index (χ4n) is 2.69. The third kappa shape index (κ3) is 2.86. The van der Waals surface area contributed by atoms with E-state index in [1.165, 1.54) is 0 Å². The van der Waals surface area contributed by atoms with Crippen LogP contribution in [0.2, 0.25) is 0 Å². The summed E-state index contributed by atoms with van der Waals surface area (Å²) in [5, 5.41) is 13.8. The van der Waals surface area contributed by atoms with Crippen molar-refractivity contribution in [1.82, 2.24) is 10.2 Å². The largest absolute Gasteiger partial charge is 0.421 e. The van der Waals surface area contributed by atoms with Gasteiger partial charge in [-0.25, -0.2) is 0 Å². The molecular formula is C18H18N4O2. The molecule has 6 nitrogen and oxygen atoms in total. The van der Waals surface area contributed by atoms with Crippen LogP contribution >= 0.6 is 0 Å². The van der Waals surface area contributed by atoms with Gasteiger partial charge in [-0.05, 0) is 41.8 Å². The molecule has 0 atom stereocenters. The minimum absolute atomic E-state index is 0.514. The topological polar surface area (TPSA) is 80.1 Å². The summed E-state index contributed by atoms with van der Waals surface area (Å²) in [6.45, 7) is 3.80. The van der Waals surface area contributed by atoms with E-state index in [0.717, 1.165) is 33.6 Å². The molecule has 0 saturated carbocycles. The van der Waals surface area contributed by atoms with Crippen molar-refractivity contribution in [1.29, 1.82) is 0 Å². The summed E-state index contributed by atoms with van der Waals surface area (Å²) >= 11 is 0. The number of aryl methyl sites for hydroxylation is 1. The predicted molar refractivity (Wildman–Crippen MR) is 93.9 cm³/mol. The van der Waals surface area contributed by atoms with Gasteiger partial charge < -0.3 is 15.1 Å². The Balaban J connectivity index is 2.08. The van der Waals surface area contributed by atoms with E-state index in [9.17, 15) is 4.79 Å². The number of benzene rings is 2. The highest BCUT2D eigenvalue weighted by molar-refractivity contribution is 5.85. The van der Waals surface area contributed by atoms with Gasteiger partial charge in [-0.1, -0.05) is 18.2 Å². The van der Waals surface area contributed by atoms with Gasteiger partial charge in [0.1, 0.15) is 0 Å². The Morgan fingerprint density at radius 1 is 1.04 bits per heavy atom. The van der Waals surface area contributed by atoms with Gasteiger partial charge in [0.2, 0.25) is 18.2 Å². The highest BCUT2D eigenvalue weighted by Crippen LogP contribution is 2.34. The second kappa shape index (κ2) is 6.54. The predicted octanol–water partition coefficient (Wildman–Crippen LogP) is 3.63. The van der Waals surface area contributed by atoms with E-state index >= 15 is 0 Å². The van der Waals surface area contributed by atoms with Gasteiger partial charge in [-0.15, -0.1) is 10.2 Å². The maximum absolute atomic E-state index is 10.7. The fraction of sp³-hybridized carbons (Fsp3) is 0.167. The Morgan fingerprint density at radius 3 is 2.50 bits per heavy atom. The first-order valence-corrected chi connectivity index (χ1v) is 7.56. The number of nitrogens with one attached hydrogen (secondary N) is 2. The fourth-order valence-corrected chi connectivity index (χ4v) is 2.69. The SMILES string of the molecule is CNc1cc(-c2cccc(-c3nnc(C)o3)c2C)ccc1NC=O. The highest BCUT2D eigenvalue weighted by atomic mass is 16.4. The first-order valence-electron chi connectivity index (χ1n) is 7.56. The molecule has 2 N–H and O–H groups in total. The number of nitrogens with zero attached hydrogens (tertiary/aromatic N) is 2. The number of rotatable bonds is 5. The number of anilines is 2. The smallest absolute Gasteiger partial charge is 0.248 e. The standard InChI is InChI=1S/C18H18N4O2/c1-11-14(5-4-6-15(11)18-22-21-12(2)24-18)13-7-8-16(20-10-23)17(9-13)19-3/h4-10,19H,1-3H3,(H,20,23). The molecule has 0 spiro atoms. The average molecular weight is 322 g/mol. The average Bonchev–Trinajstić information content (AvgIpc) is 3.02. The number of amides is 1. The third-order valence-electron chi connectivity index (χ3n) is 3.90. The number of carbonyl (C=O) groups is 1. The number of hydrogen-bond donors (Lipinski definition) is 2. The molecule has 0 unspecified atom stereocenters. The molecule has 0 fully saturated rings. The number of carbonyl (C=O) groups excluding carboxylic acids is 1. The van der Waals surface area contributed by atoms with Crippen LogP contribution in [0.3, 0.4) is 0 Å². The molecule has 1 amide bonds. The van der Waals surface area contributed by atoms with Gasteiger partial charge in [-0.3, -0.25) is 4.79 Å². The van der Waals surface area contributed by atoms with E-state index in [1.54, 1.807) is 6.92 Å². The number of aromatic nitrogens is 2. The van der Waals surface area contributed by atoms with Crippen LogP contribution < -0.4 is 10.6 Å². The van der Waals surface area contributed by atoms with Gasteiger partial charge in [0.05, 0.1) is 11.4 Å². The summed E-state index contributed by atoms with van der Waals surface area (Å²) in [4.78, 5) is 10.7. The second-order valence-electron chi connectivity index (χ2n) is 5.38. The van der Waals surface area contributed by atoms with Gasteiger partial charge in [-0.2, -0.15) is 0 Å². The summed E-state index contributed by atoms with van der Waals surface area (Å²) < 4.78 is 5.55. The lowest BCUT2D eigenvalue weighted by atomic mass is 9.95. The molecule has 0 aliphatic rings. The number of hydrogen-bond acceptors (Lipinski definition) is 5.